The fraction of sp³-hybridized carbons (Fsp3) is 0.154. The molecule has 0 atom stereocenters. The van der Waals surface area contributed by atoms with Gasteiger partial charge in [0.1, 0.15) is 6.54 Å². The number of hydrogen-bond donors (Lipinski definition) is 2. The van der Waals surface area contributed by atoms with E-state index in [9.17, 15) is 4.79 Å². The topological polar surface area (TPSA) is 58.9 Å². The molecule has 0 radical (unpaired) electrons. The third-order valence-corrected chi connectivity index (χ3v) is 3.09. The van der Waals surface area contributed by atoms with Gasteiger partial charge >= 0.3 is 0 Å². The zero-order valence-corrected chi connectivity index (χ0v) is 11.3. The second kappa shape index (κ2) is 6.37. The number of carbonyl (C=O) groups excluding carboxylic acids is 1. The third-order valence-electron chi connectivity index (χ3n) is 2.40. The fourth-order valence-corrected chi connectivity index (χ4v) is 1.92. The molecule has 0 aliphatic heterocycles. The van der Waals surface area contributed by atoms with Crippen molar-refractivity contribution in [3.8, 4) is 0 Å². The van der Waals surface area contributed by atoms with E-state index in [1.165, 1.54) is 0 Å². The summed E-state index contributed by atoms with van der Waals surface area (Å²) < 4.78 is 6.06. The lowest BCUT2D eigenvalue weighted by Crippen LogP contribution is -2.84. The van der Waals surface area contributed by atoms with Crippen molar-refractivity contribution in [2.24, 2.45) is 0 Å². The van der Waals surface area contributed by atoms with Gasteiger partial charge in [0.15, 0.2) is 12.3 Å². The Hall–Kier alpha value is -1.59. The van der Waals surface area contributed by atoms with Crippen molar-refractivity contribution in [1.29, 1.82) is 0 Å². The van der Waals surface area contributed by atoms with Crippen LogP contribution in [0.15, 0.2) is 51.6 Å². The normalized spacial score (nSPS) is 10.3. The van der Waals surface area contributed by atoms with Gasteiger partial charge in [-0.15, -0.1) is 0 Å². The van der Waals surface area contributed by atoms with E-state index in [2.05, 4.69) is 21.2 Å². The quantitative estimate of drug-likeness (QED) is 0.884. The van der Waals surface area contributed by atoms with Crippen LogP contribution in [0.4, 0.5) is 5.69 Å². The van der Waals surface area contributed by atoms with Crippen LogP contribution in [0.2, 0.25) is 0 Å². The number of hydrogen-bond acceptors (Lipinski definition) is 2. The minimum absolute atomic E-state index is 0.0338. The average Bonchev–Trinajstić information content (AvgIpc) is 2.85. The molecule has 0 fully saturated rings. The molecule has 1 aromatic carbocycles. The maximum Gasteiger partial charge on any atom is 0.279 e. The average molecular weight is 310 g/mol. The maximum absolute atomic E-state index is 11.7. The van der Waals surface area contributed by atoms with Crippen LogP contribution in [0.3, 0.4) is 0 Å². The molecule has 3 N–H and O–H groups in total. The first-order chi connectivity index (χ1) is 8.75. The molecule has 2 aromatic rings. The number of carbonyl (C=O) groups is 1. The van der Waals surface area contributed by atoms with E-state index in [-0.39, 0.29) is 5.91 Å². The van der Waals surface area contributed by atoms with Crippen LogP contribution in [0.5, 0.6) is 0 Å². The lowest BCUT2D eigenvalue weighted by molar-refractivity contribution is -0.661. The molecule has 4 nitrogen and oxygen atoms in total. The molecule has 1 amide bonds. The van der Waals surface area contributed by atoms with Crippen molar-refractivity contribution in [2.75, 3.05) is 11.9 Å². The van der Waals surface area contributed by atoms with Crippen LogP contribution in [0.1, 0.15) is 5.76 Å². The highest BCUT2D eigenvalue weighted by atomic mass is 79.9. The Morgan fingerprint density at radius 3 is 2.83 bits per heavy atom. The first-order valence-electron chi connectivity index (χ1n) is 5.64. The van der Waals surface area contributed by atoms with Crippen LogP contribution < -0.4 is 10.6 Å². The number of furan rings is 1. The van der Waals surface area contributed by atoms with Crippen LogP contribution in [-0.2, 0) is 11.3 Å². The molecule has 0 spiro atoms. The lowest BCUT2D eigenvalue weighted by atomic mass is 10.3. The predicted octanol–water partition coefficient (Wildman–Crippen LogP) is 1.74. The van der Waals surface area contributed by atoms with Crippen molar-refractivity contribution in [1.82, 2.24) is 0 Å². The summed E-state index contributed by atoms with van der Waals surface area (Å²) in [6.45, 7) is 1.03. The smallest absolute Gasteiger partial charge is 0.279 e. The number of rotatable bonds is 5. The Bertz CT molecular complexity index is 511. The van der Waals surface area contributed by atoms with Crippen molar-refractivity contribution in [3.63, 3.8) is 0 Å². The van der Waals surface area contributed by atoms with Gasteiger partial charge in [0.2, 0.25) is 0 Å². The van der Waals surface area contributed by atoms with Gasteiger partial charge < -0.3 is 15.1 Å². The van der Waals surface area contributed by atoms with Crippen molar-refractivity contribution >= 4 is 27.5 Å². The van der Waals surface area contributed by atoms with E-state index in [0.717, 1.165) is 15.9 Å². The number of amides is 1. The molecule has 94 valence electrons. The first kappa shape index (κ1) is 12.9. The molecule has 1 aromatic heterocycles. The third kappa shape index (κ3) is 3.72. The Morgan fingerprint density at radius 1 is 1.28 bits per heavy atom. The molecule has 1 heterocycles. The van der Waals surface area contributed by atoms with E-state index in [0.29, 0.717) is 13.1 Å². The standard InChI is InChI=1S/C13H13BrN2O2/c14-11-5-1-2-6-12(11)16-13(17)9-15-8-10-4-3-7-18-10/h1-7,15H,8-9H2,(H,16,17)/p+1. The summed E-state index contributed by atoms with van der Waals surface area (Å²) in [4.78, 5) is 11.7. The Labute approximate surface area is 114 Å². The molecule has 0 aliphatic rings. The van der Waals surface area contributed by atoms with E-state index in [1.54, 1.807) is 6.26 Å². The Morgan fingerprint density at radius 2 is 2.11 bits per heavy atom. The number of quaternary nitrogens is 1. The van der Waals surface area contributed by atoms with E-state index >= 15 is 0 Å². The van der Waals surface area contributed by atoms with Crippen LogP contribution >= 0.6 is 15.9 Å². The fourth-order valence-electron chi connectivity index (χ4n) is 1.54. The maximum atomic E-state index is 11.7. The highest BCUT2D eigenvalue weighted by molar-refractivity contribution is 9.10. The highest BCUT2D eigenvalue weighted by Gasteiger charge is 2.07. The zero-order valence-electron chi connectivity index (χ0n) is 9.73. The van der Waals surface area contributed by atoms with E-state index < -0.39 is 0 Å². The Kier molecular flexibility index (Phi) is 4.55. The summed E-state index contributed by atoms with van der Waals surface area (Å²) in [6.07, 6.45) is 1.63. The van der Waals surface area contributed by atoms with Gasteiger partial charge in [0.25, 0.3) is 5.91 Å². The van der Waals surface area contributed by atoms with E-state index in [1.807, 2.05) is 41.7 Å². The molecule has 0 bridgehead atoms. The van der Waals surface area contributed by atoms with Crippen LogP contribution in [-0.4, -0.2) is 12.5 Å². The molecular formula is C13H14BrN2O2+. The van der Waals surface area contributed by atoms with Gasteiger partial charge in [0.05, 0.1) is 12.0 Å². The Balaban J connectivity index is 1.77. The predicted molar refractivity (Wildman–Crippen MR) is 72.0 cm³/mol. The first-order valence-corrected chi connectivity index (χ1v) is 6.43. The summed E-state index contributed by atoms with van der Waals surface area (Å²) in [5, 5.41) is 4.74. The molecule has 0 unspecified atom stereocenters. The van der Waals surface area contributed by atoms with Crippen molar-refractivity contribution < 1.29 is 14.5 Å². The van der Waals surface area contributed by atoms with Crippen molar-refractivity contribution in [3.05, 3.63) is 52.9 Å². The number of nitrogens with one attached hydrogen (secondary N) is 1. The second-order valence-corrected chi connectivity index (χ2v) is 4.66. The van der Waals surface area contributed by atoms with Gasteiger partial charge in [-0.3, -0.25) is 4.79 Å². The molecule has 0 saturated heterocycles. The summed E-state index contributed by atoms with van der Waals surface area (Å²) in [7, 11) is 0. The minimum Gasteiger partial charge on any atom is -0.463 e. The monoisotopic (exact) mass is 309 g/mol. The highest BCUT2D eigenvalue weighted by Crippen LogP contribution is 2.20. The van der Waals surface area contributed by atoms with Crippen LogP contribution in [0.25, 0.3) is 0 Å². The van der Waals surface area contributed by atoms with Crippen molar-refractivity contribution in [2.45, 2.75) is 6.54 Å². The zero-order chi connectivity index (χ0) is 12.8. The molecule has 18 heavy (non-hydrogen) atoms. The molecule has 5 heteroatoms. The number of anilines is 1. The van der Waals surface area contributed by atoms with Gasteiger partial charge in [0, 0.05) is 4.47 Å². The van der Waals surface area contributed by atoms with Gasteiger partial charge in [-0.25, -0.2) is 0 Å². The summed E-state index contributed by atoms with van der Waals surface area (Å²) in [5.41, 5.74) is 0.786. The summed E-state index contributed by atoms with van der Waals surface area (Å²) in [5.74, 6) is 0.831. The number of halogens is 1. The minimum atomic E-state index is -0.0338. The largest absolute Gasteiger partial charge is 0.463 e. The molecular weight excluding hydrogens is 296 g/mol. The van der Waals surface area contributed by atoms with Gasteiger partial charge in [-0.2, -0.15) is 0 Å². The number of benzene rings is 1. The van der Waals surface area contributed by atoms with Gasteiger partial charge in [-0.05, 0) is 40.2 Å². The lowest BCUT2D eigenvalue weighted by Gasteiger charge is -2.05. The molecule has 2 rings (SSSR count). The summed E-state index contributed by atoms with van der Waals surface area (Å²) >= 11 is 3.38. The SMILES string of the molecule is O=C(C[NH2+]Cc1ccco1)Nc1ccccc1Br. The van der Waals surface area contributed by atoms with E-state index in [4.69, 9.17) is 4.42 Å². The molecule has 0 aliphatic carbocycles. The summed E-state index contributed by atoms with van der Waals surface area (Å²) in [6, 6.07) is 11.3. The van der Waals surface area contributed by atoms with Crippen LogP contribution in [0, 0.1) is 0 Å². The van der Waals surface area contributed by atoms with Gasteiger partial charge in [-0.1, -0.05) is 12.1 Å². The number of para-hydroxylation sites is 1. The number of nitrogens with two attached hydrogens (primary N) is 1. The molecule has 0 saturated carbocycles. The second-order valence-electron chi connectivity index (χ2n) is 3.80.